The van der Waals surface area contributed by atoms with Gasteiger partial charge in [0.1, 0.15) is 0 Å². The fraction of sp³-hybridized carbons (Fsp3) is 0.400. The molecule has 0 amide bonds. The highest BCUT2D eigenvalue weighted by molar-refractivity contribution is 7.97. The maximum atomic E-state index is 11.3. The first-order chi connectivity index (χ1) is 6.83. The number of benzene rings is 1. The minimum absolute atomic E-state index is 0.658. The van der Waals surface area contributed by atoms with Crippen LogP contribution in [0.4, 0.5) is 0 Å². The third-order valence-corrected chi connectivity index (χ3v) is 3.76. The van der Waals surface area contributed by atoms with E-state index >= 15 is 0 Å². The van der Waals surface area contributed by atoms with E-state index in [9.17, 15) is 4.57 Å². The fourth-order valence-corrected chi connectivity index (χ4v) is 2.70. The van der Waals surface area contributed by atoms with E-state index in [1.54, 1.807) is 0 Å². The Bertz CT molecular complexity index is 277. The quantitative estimate of drug-likeness (QED) is 0.538. The smallest absolute Gasteiger partial charge is 0.0668 e. The average molecular weight is 229 g/mol. The fourth-order valence-electron chi connectivity index (χ4n) is 0.885. The molecular weight excluding hydrogens is 215 g/mol. The molecule has 1 aromatic rings. The molecule has 1 rings (SSSR count). The normalized spacial score (nSPS) is 11.4. The first kappa shape index (κ1) is 11.7. The van der Waals surface area contributed by atoms with Crippen LogP contribution in [0.3, 0.4) is 0 Å². The Morgan fingerprint density at radius 3 is 2.71 bits per heavy atom. The highest BCUT2D eigenvalue weighted by Crippen LogP contribution is 2.34. The highest BCUT2D eigenvalue weighted by atomic mass is 32.2. The summed E-state index contributed by atoms with van der Waals surface area (Å²) in [5, 5.41) is 0. The Hall–Kier alpha value is -0.370. The zero-order valence-electron chi connectivity index (χ0n) is 8.18. The van der Waals surface area contributed by atoms with Crippen LogP contribution in [-0.4, -0.2) is 6.16 Å². The lowest BCUT2D eigenvalue weighted by Crippen LogP contribution is -1.77. The molecule has 0 bridgehead atoms. The summed E-state index contributed by atoms with van der Waals surface area (Å²) in [5.74, 6) is 0. The van der Waals surface area contributed by atoms with Crippen LogP contribution in [0.2, 0.25) is 0 Å². The van der Waals surface area contributed by atoms with Gasteiger partial charge in [0.25, 0.3) is 0 Å². The molecule has 0 aliphatic heterocycles. The molecule has 0 saturated carbocycles. The lowest BCUT2D eigenvalue weighted by molar-refractivity contribution is 0.531. The maximum absolute atomic E-state index is 11.3. The SMILES string of the molecule is CCCC[P+](=O)OSc1ccccc1. The number of hydrogen-bond donors (Lipinski definition) is 0. The topological polar surface area (TPSA) is 26.3 Å². The van der Waals surface area contributed by atoms with Gasteiger partial charge in [-0.1, -0.05) is 35.5 Å². The van der Waals surface area contributed by atoms with Gasteiger partial charge in [0.15, 0.2) is 6.16 Å². The van der Waals surface area contributed by atoms with Crippen molar-refractivity contribution in [2.24, 2.45) is 0 Å². The molecule has 0 aliphatic carbocycles. The van der Waals surface area contributed by atoms with Crippen molar-refractivity contribution in [1.82, 2.24) is 0 Å². The van der Waals surface area contributed by atoms with E-state index in [0.29, 0.717) is 6.16 Å². The molecule has 0 N–H and O–H groups in total. The summed E-state index contributed by atoms with van der Waals surface area (Å²) in [4.78, 5) is 0.993. The highest BCUT2D eigenvalue weighted by Gasteiger charge is 2.17. The molecule has 14 heavy (non-hydrogen) atoms. The molecule has 76 valence electrons. The van der Waals surface area contributed by atoms with E-state index in [2.05, 4.69) is 6.92 Å². The zero-order chi connectivity index (χ0) is 10.2. The second kappa shape index (κ2) is 6.99. The van der Waals surface area contributed by atoms with Gasteiger partial charge < -0.3 is 0 Å². The lowest BCUT2D eigenvalue weighted by atomic mass is 10.4. The van der Waals surface area contributed by atoms with Gasteiger partial charge in [-0.05, 0) is 23.1 Å². The van der Waals surface area contributed by atoms with Crippen molar-refractivity contribution >= 4 is 20.1 Å². The predicted octanol–water partition coefficient (Wildman–Crippen LogP) is 4.25. The minimum atomic E-state index is -1.50. The monoisotopic (exact) mass is 229 g/mol. The largest absolute Gasteiger partial charge is 0.520 e. The molecule has 0 spiro atoms. The van der Waals surface area contributed by atoms with Crippen molar-refractivity contribution in [3.8, 4) is 0 Å². The van der Waals surface area contributed by atoms with Crippen LogP contribution < -0.4 is 0 Å². The van der Waals surface area contributed by atoms with Gasteiger partial charge >= 0.3 is 8.03 Å². The number of hydrogen-bond acceptors (Lipinski definition) is 3. The van der Waals surface area contributed by atoms with Crippen molar-refractivity contribution in [3.05, 3.63) is 30.3 Å². The Kier molecular flexibility index (Phi) is 5.85. The average Bonchev–Trinajstić information content (AvgIpc) is 2.25. The van der Waals surface area contributed by atoms with Gasteiger partial charge in [-0.25, -0.2) is 0 Å². The van der Waals surface area contributed by atoms with Crippen LogP contribution >= 0.6 is 20.1 Å². The van der Waals surface area contributed by atoms with Crippen LogP contribution in [0.15, 0.2) is 35.2 Å². The van der Waals surface area contributed by atoms with Crippen molar-refractivity contribution in [2.45, 2.75) is 24.7 Å². The van der Waals surface area contributed by atoms with Gasteiger partial charge in [-0.3, -0.25) is 0 Å². The van der Waals surface area contributed by atoms with E-state index < -0.39 is 8.03 Å². The van der Waals surface area contributed by atoms with Crippen molar-refractivity contribution in [1.29, 1.82) is 0 Å². The lowest BCUT2D eigenvalue weighted by Gasteiger charge is -1.91. The van der Waals surface area contributed by atoms with Crippen LogP contribution in [0.25, 0.3) is 0 Å². The Balaban J connectivity index is 2.24. The van der Waals surface area contributed by atoms with Crippen LogP contribution in [-0.2, 0) is 8.54 Å². The maximum Gasteiger partial charge on any atom is 0.520 e. The molecule has 1 aromatic carbocycles. The van der Waals surface area contributed by atoms with Gasteiger partial charge in [-0.2, -0.15) is 0 Å². The summed E-state index contributed by atoms with van der Waals surface area (Å²) < 4.78 is 16.4. The van der Waals surface area contributed by atoms with E-state index in [0.717, 1.165) is 17.7 Å². The van der Waals surface area contributed by atoms with E-state index in [4.69, 9.17) is 3.97 Å². The zero-order valence-corrected chi connectivity index (χ0v) is 9.89. The number of unbranched alkanes of at least 4 members (excludes halogenated alkanes) is 1. The Morgan fingerprint density at radius 2 is 2.07 bits per heavy atom. The second-order valence-corrected chi connectivity index (χ2v) is 5.23. The summed E-state index contributed by atoms with van der Waals surface area (Å²) in [6, 6.07) is 9.69. The van der Waals surface area contributed by atoms with Crippen LogP contribution in [0, 0.1) is 0 Å². The van der Waals surface area contributed by atoms with E-state index in [1.807, 2.05) is 30.3 Å². The summed E-state index contributed by atoms with van der Waals surface area (Å²) in [5.41, 5.74) is 0. The molecular formula is C10H14O2PS+. The molecule has 0 aliphatic rings. The van der Waals surface area contributed by atoms with Gasteiger partial charge in [0.2, 0.25) is 0 Å². The molecule has 0 heterocycles. The second-order valence-electron chi connectivity index (χ2n) is 2.88. The van der Waals surface area contributed by atoms with Crippen molar-refractivity contribution in [2.75, 3.05) is 6.16 Å². The molecule has 0 fully saturated rings. The molecule has 0 radical (unpaired) electrons. The molecule has 0 aromatic heterocycles. The van der Waals surface area contributed by atoms with Gasteiger partial charge in [0.05, 0.1) is 12.0 Å². The molecule has 4 heteroatoms. The van der Waals surface area contributed by atoms with Crippen molar-refractivity contribution in [3.63, 3.8) is 0 Å². The minimum Gasteiger partial charge on any atom is -0.0668 e. The predicted molar refractivity (Wildman–Crippen MR) is 60.8 cm³/mol. The standard InChI is InChI=1S/C10H14O2PS/c1-2-3-9-13(11)12-14-10-7-5-4-6-8-10/h4-8H,2-3,9H2,1H3/q+1. The third-order valence-electron chi connectivity index (χ3n) is 1.65. The molecule has 1 atom stereocenters. The first-order valence-electron chi connectivity index (χ1n) is 4.67. The third kappa shape index (κ3) is 4.75. The number of rotatable bonds is 6. The van der Waals surface area contributed by atoms with Gasteiger partial charge in [0, 0.05) is 4.90 Å². The van der Waals surface area contributed by atoms with Crippen LogP contribution in [0.1, 0.15) is 19.8 Å². The van der Waals surface area contributed by atoms with Crippen molar-refractivity contribution < 1.29 is 8.54 Å². The van der Waals surface area contributed by atoms with E-state index in [-0.39, 0.29) is 0 Å². The summed E-state index contributed by atoms with van der Waals surface area (Å²) in [6.45, 7) is 2.08. The summed E-state index contributed by atoms with van der Waals surface area (Å²) in [7, 11) is -1.50. The van der Waals surface area contributed by atoms with E-state index in [1.165, 1.54) is 12.0 Å². The first-order valence-corrected chi connectivity index (χ1v) is 6.77. The van der Waals surface area contributed by atoms with Crippen LogP contribution in [0.5, 0.6) is 0 Å². The summed E-state index contributed by atoms with van der Waals surface area (Å²) >= 11 is 1.20. The Labute approximate surface area is 90.1 Å². The van der Waals surface area contributed by atoms with Gasteiger partial charge in [-0.15, -0.1) is 0 Å². The summed E-state index contributed by atoms with van der Waals surface area (Å²) in [6.07, 6.45) is 2.68. The Morgan fingerprint density at radius 1 is 1.36 bits per heavy atom. The molecule has 2 nitrogen and oxygen atoms in total. The molecule has 0 saturated heterocycles. The molecule has 1 unspecified atom stereocenters.